The van der Waals surface area contributed by atoms with Crippen molar-refractivity contribution in [2.75, 3.05) is 52.4 Å². The van der Waals surface area contributed by atoms with E-state index in [1.165, 1.54) is 4.31 Å². The van der Waals surface area contributed by atoms with Gasteiger partial charge in [0.1, 0.15) is 5.75 Å². The number of carbonyl (C=O) groups excluding carboxylic acids is 2. The van der Waals surface area contributed by atoms with Crippen LogP contribution in [0.25, 0.3) is 0 Å². The molecule has 0 aliphatic carbocycles. The number of aryl methyl sites for hydroxylation is 1. The van der Waals surface area contributed by atoms with Gasteiger partial charge in [0.15, 0.2) is 5.66 Å². The molecule has 3 aliphatic rings. The third-order valence-electron chi connectivity index (χ3n) is 9.81. The lowest BCUT2D eigenvalue weighted by Crippen LogP contribution is -2.62. The lowest BCUT2D eigenvalue weighted by Gasteiger charge is -2.40. The molecular formula is C36H44Cl2N6O5S. The molecular weight excluding hydrogens is 699 g/mol. The van der Waals surface area contributed by atoms with Crippen molar-refractivity contribution in [1.82, 2.24) is 24.7 Å². The number of rotatable bonds is 10. The second-order valence-corrected chi connectivity index (χ2v) is 15.9. The average Bonchev–Trinajstić information content (AvgIpc) is 3.51. The van der Waals surface area contributed by atoms with Crippen LogP contribution < -0.4 is 21.1 Å². The number of nitrogens with one attached hydrogen (secondary N) is 2. The Hall–Kier alpha value is -3.23. The number of piperazine rings is 1. The van der Waals surface area contributed by atoms with E-state index in [1.54, 1.807) is 48.2 Å². The monoisotopic (exact) mass is 742 g/mol. The minimum Gasteiger partial charge on any atom is -0.493 e. The molecule has 3 fully saturated rings. The fraction of sp³-hybridized carbons (Fsp3) is 0.444. The zero-order valence-corrected chi connectivity index (χ0v) is 30.7. The molecule has 3 aromatic rings. The number of sulfonamides is 1. The molecule has 0 saturated carbocycles. The smallest absolute Gasteiger partial charge is 0.262 e. The summed E-state index contributed by atoms with van der Waals surface area (Å²) in [5, 5.41) is 8.51. The molecule has 3 heterocycles. The first-order valence-corrected chi connectivity index (χ1v) is 19.3. The lowest BCUT2D eigenvalue weighted by molar-refractivity contribution is -0.141. The summed E-state index contributed by atoms with van der Waals surface area (Å²) in [6.45, 7) is 6.47. The summed E-state index contributed by atoms with van der Waals surface area (Å²) in [4.78, 5) is 30.7. The third kappa shape index (κ3) is 7.38. The highest BCUT2D eigenvalue weighted by molar-refractivity contribution is 7.89. The molecule has 4 N–H and O–H groups in total. The Balaban J connectivity index is 1.53. The van der Waals surface area contributed by atoms with Gasteiger partial charge in [0, 0.05) is 54.9 Å². The third-order valence-corrected chi connectivity index (χ3v) is 12.4. The van der Waals surface area contributed by atoms with Gasteiger partial charge in [0.25, 0.3) is 5.91 Å². The summed E-state index contributed by atoms with van der Waals surface area (Å²) in [6, 6.07) is 17.3. The summed E-state index contributed by atoms with van der Waals surface area (Å²) >= 11 is 12.6. The van der Waals surface area contributed by atoms with Crippen molar-refractivity contribution < 1.29 is 22.7 Å². The number of piperidine rings is 1. The summed E-state index contributed by atoms with van der Waals surface area (Å²) in [5.41, 5.74) is 6.48. The first-order chi connectivity index (χ1) is 23.9. The van der Waals surface area contributed by atoms with E-state index in [-0.39, 0.29) is 17.3 Å². The number of primary amides is 1. The maximum Gasteiger partial charge on any atom is 0.262 e. The minimum absolute atomic E-state index is 0.102. The number of benzene rings is 3. The molecule has 14 heteroatoms. The SMILES string of the molecule is CCOc1cc(C)c(S(=O)(=O)N2CCCCC2)cc1C1(C(=O)N2CCN(CC(N)=O)CC2)N[C@H](c2ccc(Cl)cc2)[C@H](c2ccc(Cl)cc2)N1. The first kappa shape index (κ1) is 36.6. The summed E-state index contributed by atoms with van der Waals surface area (Å²) < 4.78 is 36.3. The molecule has 50 heavy (non-hydrogen) atoms. The molecule has 0 spiro atoms. The maximum absolute atomic E-state index is 15.3. The largest absolute Gasteiger partial charge is 0.493 e. The maximum atomic E-state index is 15.3. The predicted octanol–water partition coefficient (Wildman–Crippen LogP) is 4.33. The van der Waals surface area contributed by atoms with Crippen molar-refractivity contribution >= 4 is 45.0 Å². The van der Waals surface area contributed by atoms with Gasteiger partial charge in [-0.15, -0.1) is 0 Å². The van der Waals surface area contributed by atoms with Crippen LogP contribution in [-0.4, -0.2) is 86.8 Å². The van der Waals surface area contributed by atoms with Crippen molar-refractivity contribution in [3.05, 3.63) is 93.0 Å². The van der Waals surface area contributed by atoms with Gasteiger partial charge in [-0.05, 0) is 79.8 Å². The molecule has 3 atom stereocenters. The van der Waals surface area contributed by atoms with E-state index in [0.29, 0.717) is 72.8 Å². The molecule has 2 amide bonds. The number of carbonyl (C=O) groups is 2. The highest BCUT2D eigenvalue weighted by Gasteiger charge is 2.55. The van der Waals surface area contributed by atoms with Gasteiger partial charge in [0.2, 0.25) is 15.9 Å². The van der Waals surface area contributed by atoms with Gasteiger partial charge < -0.3 is 15.4 Å². The van der Waals surface area contributed by atoms with Crippen molar-refractivity contribution in [3.63, 3.8) is 0 Å². The van der Waals surface area contributed by atoms with Gasteiger partial charge in [-0.1, -0.05) is 53.9 Å². The Morgan fingerprint density at radius 3 is 1.90 bits per heavy atom. The minimum atomic E-state index is -3.90. The van der Waals surface area contributed by atoms with Crippen molar-refractivity contribution in [1.29, 1.82) is 0 Å². The highest BCUT2D eigenvalue weighted by Crippen LogP contribution is 2.46. The number of halogens is 2. The molecule has 3 aromatic carbocycles. The normalized spacial score (nSPS) is 23.6. The van der Waals surface area contributed by atoms with Gasteiger partial charge in [-0.2, -0.15) is 4.31 Å². The molecule has 0 aromatic heterocycles. The van der Waals surface area contributed by atoms with E-state index >= 15 is 4.79 Å². The van der Waals surface area contributed by atoms with E-state index in [0.717, 1.165) is 30.4 Å². The Kier molecular flexibility index (Phi) is 11.1. The van der Waals surface area contributed by atoms with Gasteiger partial charge in [-0.3, -0.25) is 25.1 Å². The topological polar surface area (TPSA) is 137 Å². The Morgan fingerprint density at radius 1 is 0.860 bits per heavy atom. The number of nitrogens with two attached hydrogens (primary N) is 1. The van der Waals surface area contributed by atoms with Gasteiger partial charge in [0.05, 0.1) is 30.1 Å². The zero-order valence-electron chi connectivity index (χ0n) is 28.3. The van der Waals surface area contributed by atoms with Gasteiger partial charge >= 0.3 is 0 Å². The Labute approximate surface area is 304 Å². The molecule has 11 nitrogen and oxygen atoms in total. The standard InChI is InChI=1S/C36H44Cl2N6O5S/c1-3-49-30-21-24(2)31(50(47,48)44-15-5-4-6-16-44)22-29(30)36(35(46)43-19-17-42(18-20-43)23-32(39)45)40-33(25-7-11-27(37)12-8-25)34(41-36)26-9-13-28(38)14-10-26/h7-14,21-22,33-34,40-41H,3-6,15-20,23H2,1-2H3,(H2,39,45)/t33-,34+,36?. The number of hydrogen-bond acceptors (Lipinski definition) is 8. The van der Waals surface area contributed by atoms with E-state index in [1.807, 2.05) is 36.1 Å². The van der Waals surface area contributed by atoms with Crippen LogP contribution in [0.15, 0.2) is 65.6 Å². The summed E-state index contributed by atoms with van der Waals surface area (Å²) in [5.74, 6) is -0.326. The van der Waals surface area contributed by atoms with Crippen molar-refractivity contribution in [2.24, 2.45) is 5.73 Å². The van der Waals surface area contributed by atoms with E-state index in [2.05, 4.69) is 10.6 Å². The van der Waals surface area contributed by atoms with Crippen molar-refractivity contribution in [2.45, 2.75) is 55.8 Å². The molecule has 0 bridgehead atoms. The van der Waals surface area contributed by atoms with Crippen LogP contribution in [0.4, 0.5) is 0 Å². The van der Waals surface area contributed by atoms with E-state index in [4.69, 9.17) is 33.7 Å². The fourth-order valence-corrected chi connectivity index (χ4v) is 9.28. The molecule has 0 radical (unpaired) electrons. The Morgan fingerprint density at radius 2 is 1.40 bits per heavy atom. The first-order valence-electron chi connectivity index (χ1n) is 17.1. The van der Waals surface area contributed by atoms with Crippen LogP contribution >= 0.6 is 23.2 Å². The summed E-state index contributed by atoms with van der Waals surface area (Å²) in [7, 11) is -3.90. The fourth-order valence-electron chi connectivity index (χ4n) is 7.28. The molecule has 1 unspecified atom stereocenters. The quantitative estimate of drug-likeness (QED) is 0.279. The van der Waals surface area contributed by atoms with E-state index < -0.39 is 33.7 Å². The second-order valence-electron chi connectivity index (χ2n) is 13.1. The number of ether oxygens (including phenoxy) is 1. The van der Waals surface area contributed by atoms with Crippen LogP contribution in [0.2, 0.25) is 10.0 Å². The average molecular weight is 744 g/mol. The molecule has 3 saturated heterocycles. The predicted molar refractivity (Wildman–Crippen MR) is 194 cm³/mol. The number of amides is 2. The zero-order chi connectivity index (χ0) is 35.6. The number of nitrogens with zero attached hydrogens (tertiary/aromatic N) is 3. The van der Waals surface area contributed by atoms with E-state index in [9.17, 15) is 13.2 Å². The van der Waals surface area contributed by atoms with Gasteiger partial charge in [-0.25, -0.2) is 8.42 Å². The van der Waals surface area contributed by atoms with Crippen LogP contribution in [0.1, 0.15) is 60.5 Å². The van der Waals surface area contributed by atoms with Crippen LogP contribution in [0.5, 0.6) is 5.75 Å². The molecule has 6 rings (SSSR count). The summed E-state index contributed by atoms with van der Waals surface area (Å²) in [6.07, 6.45) is 2.57. The second kappa shape index (κ2) is 15.2. The molecule has 3 aliphatic heterocycles. The van der Waals surface area contributed by atoms with Crippen LogP contribution in [-0.2, 0) is 25.3 Å². The van der Waals surface area contributed by atoms with Crippen LogP contribution in [0.3, 0.4) is 0 Å². The number of hydrogen-bond donors (Lipinski definition) is 3. The highest BCUT2D eigenvalue weighted by atomic mass is 35.5. The van der Waals surface area contributed by atoms with Crippen molar-refractivity contribution in [3.8, 4) is 5.75 Å². The van der Waals surface area contributed by atoms with Crippen LogP contribution in [0, 0.1) is 6.92 Å². The Bertz CT molecular complexity index is 1760. The lowest BCUT2D eigenvalue weighted by atomic mass is 9.95. The molecule has 268 valence electrons.